The van der Waals surface area contributed by atoms with Crippen LogP contribution in [0.4, 0.5) is 11.4 Å². The van der Waals surface area contributed by atoms with Crippen molar-refractivity contribution in [3.05, 3.63) is 98.0 Å². The Balaban J connectivity index is 1.76. The van der Waals surface area contributed by atoms with Gasteiger partial charge in [-0.15, -0.1) is 0 Å². The Bertz CT molecular complexity index is 1270. The minimum Gasteiger partial charge on any atom is -0.350 e. The standard InChI is InChI=1S/C25H20Cl2N2O2S/c1-14-4-8-18(12-16(14)3)28-22-23(32-20-10-6-17(26)7-11-20)25(31)29(24(22)30)19-9-5-15(2)21(27)13-19/h4-13,28H,1-3H3. The summed E-state index contributed by atoms with van der Waals surface area (Å²) in [7, 11) is 0. The molecule has 0 radical (unpaired) electrons. The van der Waals surface area contributed by atoms with Crippen LogP contribution in [0.15, 0.2) is 76.2 Å². The van der Waals surface area contributed by atoms with E-state index in [1.54, 1.807) is 30.3 Å². The zero-order valence-corrected chi connectivity index (χ0v) is 20.0. The summed E-state index contributed by atoms with van der Waals surface area (Å²) in [6, 6.07) is 18.1. The molecule has 162 valence electrons. The lowest BCUT2D eigenvalue weighted by atomic mass is 10.1. The average Bonchev–Trinajstić information content (AvgIpc) is 2.98. The van der Waals surface area contributed by atoms with Crippen LogP contribution in [0.3, 0.4) is 0 Å². The lowest BCUT2D eigenvalue weighted by molar-refractivity contribution is -0.120. The Hall–Kier alpha value is -2.73. The molecule has 0 aromatic heterocycles. The zero-order valence-electron chi connectivity index (χ0n) is 17.7. The van der Waals surface area contributed by atoms with Crippen LogP contribution >= 0.6 is 35.0 Å². The van der Waals surface area contributed by atoms with E-state index in [0.29, 0.717) is 20.6 Å². The van der Waals surface area contributed by atoms with Crippen LogP contribution in [0, 0.1) is 20.8 Å². The molecule has 1 N–H and O–H groups in total. The highest BCUT2D eigenvalue weighted by molar-refractivity contribution is 8.04. The lowest BCUT2D eigenvalue weighted by Crippen LogP contribution is -2.32. The number of nitrogens with one attached hydrogen (secondary N) is 1. The highest BCUT2D eigenvalue weighted by Gasteiger charge is 2.40. The Morgan fingerprint density at radius 2 is 1.47 bits per heavy atom. The number of hydrogen-bond donors (Lipinski definition) is 1. The van der Waals surface area contributed by atoms with Crippen LogP contribution < -0.4 is 10.2 Å². The first kappa shape index (κ1) is 22.5. The van der Waals surface area contributed by atoms with Gasteiger partial charge in [-0.3, -0.25) is 9.59 Å². The minimum absolute atomic E-state index is 0.231. The molecule has 0 bridgehead atoms. The first-order valence-corrected chi connectivity index (χ1v) is 11.5. The van der Waals surface area contributed by atoms with Gasteiger partial charge in [0.1, 0.15) is 10.6 Å². The van der Waals surface area contributed by atoms with Crippen molar-refractivity contribution in [2.75, 3.05) is 10.2 Å². The predicted molar refractivity (Wildman–Crippen MR) is 133 cm³/mol. The Labute approximate surface area is 201 Å². The number of rotatable bonds is 5. The van der Waals surface area contributed by atoms with Gasteiger partial charge in [0.05, 0.1) is 5.69 Å². The molecule has 0 saturated carbocycles. The summed E-state index contributed by atoms with van der Waals surface area (Å²) in [5.41, 5.74) is 4.50. The van der Waals surface area contributed by atoms with Gasteiger partial charge in [-0.2, -0.15) is 0 Å². The number of halogens is 2. The van der Waals surface area contributed by atoms with Crippen molar-refractivity contribution in [2.24, 2.45) is 0 Å². The number of imide groups is 1. The number of hydrogen-bond acceptors (Lipinski definition) is 4. The number of anilines is 2. The molecule has 0 saturated heterocycles. The van der Waals surface area contributed by atoms with Crippen LogP contribution in [0.5, 0.6) is 0 Å². The first-order chi connectivity index (χ1) is 15.2. The third-order valence-electron chi connectivity index (χ3n) is 5.26. The average molecular weight is 483 g/mol. The summed E-state index contributed by atoms with van der Waals surface area (Å²) in [5, 5.41) is 4.27. The molecule has 0 spiro atoms. The van der Waals surface area contributed by atoms with Crippen molar-refractivity contribution in [1.82, 2.24) is 0 Å². The van der Waals surface area contributed by atoms with Crippen molar-refractivity contribution < 1.29 is 9.59 Å². The fraction of sp³-hybridized carbons (Fsp3) is 0.120. The van der Waals surface area contributed by atoms with Crippen LogP contribution in [0.2, 0.25) is 10.0 Å². The maximum Gasteiger partial charge on any atom is 0.283 e. The molecule has 3 aromatic carbocycles. The van der Waals surface area contributed by atoms with Crippen LogP contribution in [0.1, 0.15) is 16.7 Å². The summed E-state index contributed by atoms with van der Waals surface area (Å²) in [4.78, 5) is 29.1. The summed E-state index contributed by atoms with van der Waals surface area (Å²) in [6.45, 7) is 5.89. The molecule has 0 aliphatic carbocycles. The van der Waals surface area contributed by atoms with Crippen molar-refractivity contribution in [2.45, 2.75) is 25.7 Å². The van der Waals surface area contributed by atoms with Crippen molar-refractivity contribution >= 4 is 58.2 Å². The fourth-order valence-electron chi connectivity index (χ4n) is 3.25. The smallest absolute Gasteiger partial charge is 0.283 e. The van der Waals surface area contributed by atoms with Gasteiger partial charge in [-0.25, -0.2) is 4.90 Å². The number of carbonyl (C=O) groups is 2. The number of amides is 2. The van der Waals surface area contributed by atoms with E-state index < -0.39 is 11.8 Å². The Morgan fingerprint density at radius 3 is 2.12 bits per heavy atom. The van der Waals surface area contributed by atoms with Gasteiger partial charge in [0.2, 0.25) is 0 Å². The van der Waals surface area contributed by atoms with Crippen molar-refractivity contribution in [1.29, 1.82) is 0 Å². The van der Waals surface area contributed by atoms with Crippen LogP contribution in [0.25, 0.3) is 0 Å². The molecular formula is C25H20Cl2N2O2S. The topological polar surface area (TPSA) is 49.4 Å². The molecule has 3 aromatic rings. The van der Waals surface area contributed by atoms with Crippen molar-refractivity contribution in [3.63, 3.8) is 0 Å². The van der Waals surface area contributed by atoms with Gasteiger partial charge in [0.15, 0.2) is 0 Å². The molecule has 1 aliphatic rings. The van der Waals surface area contributed by atoms with Gasteiger partial charge < -0.3 is 5.32 Å². The highest BCUT2D eigenvalue weighted by Crippen LogP contribution is 2.39. The number of benzene rings is 3. The molecule has 0 fully saturated rings. The quantitative estimate of drug-likeness (QED) is 0.401. The first-order valence-electron chi connectivity index (χ1n) is 9.91. The normalized spacial score (nSPS) is 13.8. The maximum absolute atomic E-state index is 13.4. The molecule has 4 nitrogen and oxygen atoms in total. The zero-order chi connectivity index (χ0) is 23.0. The minimum atomic E-state index is -0.426. The van der Waals surface area contributed by atoms with E-state index >= 15 is 0 Å². The predicted octanol–water partition coefficient (Wildman–Crippen LogP) is 6.91. The number of nitrogens with zero attached hydrogens (tertiary/aromatic N) is 1. The van der Waals surface area contributed by atoms with E-state index in [2.05, 4.69) is 5.32 Å². The summed E-state index contributed by atoms with van der Waals surface area (Å²) in [6.07, 6.45) is 0. The molecule has 2 amide bonds. The summed E-state index contributed by atoms with van der Waals surface area (Å²) in [5.74, 6) is -0.828. The second-order valence-corrected chi connectivity index (χ2v) is 9.49. The monoisotopic (exact) mass is 482 g/mol. The van der Waals surface area contributed by atoms with E-state index in [9.17, 15) is 9.59 Å². The maximum atomic E-state index is 13.4. The number of aryl methyl sites for hydroxylation is 3. The largest absolute Gasteiger partial charge is 0.350 e. The van der Waals surface area contributed by atoms with E-state index in [-0.39, 0.29) is 5.70 Å². The van der Waals surface area contributed by atoms with E-state index in [1.807, 2.05) is 51.1 Å². The molecule has 7 heteroatoms. The van der Waals surface area contributed by atoms with E-state index in [4.69, 9.17) is 23.2 Å². The van der Waals surface area contributed by atoms with Gasteiger partial charge in [0.25, 0.3) is 11.8 Å². The molecular weight excluding hydrogens is 463 g/mol. The highest BCUT2D eigenvalue weighted by atomic mass is 35.5. The summed E-state index contributed by atoms with van der Waals surface area (Å²) >= 11 is 13.5. The molecule has 1 aliphatic heterocycles. The number of thioether (sulfide) groups is 1. The second-order valence-electron chi connectivity index (χ2n) is 7.56. The molecule has 4 rings (SSSR count). The second kappa shape index (κ2) is 9.02. The van der Waals surface area contributed by atoms with Crippen LogP contribution in [-0.2, 0) is 9.59 Å². The fourth-order valence-corrected chi connectivity index (χ4v) is 4.48. The molecule has 1 heterocycles. The van der Waals surface area contributed by atoms with E-state index in [0.717, 1.165) is 32.2 Å². The summed E-state index contributed by atoms with van der Waals surface area (Å²) < 4.78 is 0. The molecule has 0 unspecified atom stereocenters. The number of carbonyl (C=O) groups excluding carboxylic acids is 2. The Kier molecular flexibility index (Phi) is 6.33. The third kappa shape index (κ3) is 4.42. The molecule has 0 atom stereocenters. The van der Waals surface area contributed by atoms with Gasteiger partial charge in [-0.1, -0.05) is 47.1 Å². The van der Waals surface area contributed by atoms with Gasteiger partial charge >= 0.3 is 0 Å². The molecule has 32 heavy (non-hydrogen) atoms. The lowest BCUT2D eigenvalue weighted by Gasteiger charge is -2.16. The SMILES string of the molecule is Cc1ccc(NC2=C(Sc3ccc(Cl)cc3)C(=O)N(c3ccc(C)c(Cl)c3)C2=O)cc1C. The Morgan fingerprint density at radius 1 is 0.781 bits per heavy atom. The van der Waals surface area contributed by atoms with Gasteiger partial charge in [0, 0.05) is 20.6 Å². The van der Waals surface area contributed by atoms with Crippen molar-refractivity contribution in [3.8, 4) is 0 Å². The van der Waals surface area contributed by atoms with Crippen LogP contribution in [-0.4, -0.2) is 11.8 Å². The third-order valence-corrected chi connectivity index (χ3v) is 7.01. The van der Waals surface area contributed by atoms with E-state index in [1.165, 1.54) is 11.8 Å². The van der Waals surface area contributed by atoms with Gasteiger partial charge in [-0.05, 0) is 86.0 Å².